The second-order valence-corrected chi connectivity index (χ2v) is 7.47. The van der Waals surface area contributed by atoms with Crippen molar-refractivity contribution in [3.05, 3.63) is 60.0 Å². The smallest absolute Gasteiger partial charge is 0.242 e. The lowest BCUT2D eigenvalue weighted by molar-refractivity contribution is -0.133. The van der Waals surface area contributed by atoms with Gasteiger partial charge in [-0.3, -0.25) is 4.79 Å². The Labute approximate surface area is 174 Å². The summed E-state index contributed by atoms with van der Waals surface area (Å²) < 4.78 is 10.9. The van der Waals surface area contributed by atoms with E-state index in [0.29, 0.717) is 32.1 Å². The van der Waals surface area contributed by atoms with Gasteiger partial charge in [0.2, 0.25) is 5.91 Å². The van der Waals surface area contributed by atoms with E-state index >= 15 is 0 Å². The van der Waals surface area contributed by atoms with E-state index in [1.165, 1.54) is 11.3 Å². The number of methoxy groups -OCH3 is 1. The Morgan fingerprint density at radius 2 is 1.86 bits per heavy atom. The third-order valence-corrected chi connectivity index (χ3v) is 5.69. The highest BCUT2D eigenvalue weighted by Gasteiger charge is 2.24. The minimum absolute atomic E-state index is 0.0515. The topological polar surface area (TPSA) is 54.9 Å². The summed E-state index contributed by atoms with van der Waals surface area (Å²) in [5.41, 5.74) is 2.77. The average molecular weight is 410 g/mol. The number of amides is 1. The minimum atomic E-state index is 0.0515. The molecule has 0 bridgehead atoms. The number of benzene rings is 2. The lowest BCUT2D eigenvalue weighted by atomic mass is 10.2. The number of thiazole rings is 1. The molecule has 0 saturated carbocycles. The van der Waals surface area contributed by atoms with Crippen molar-refractivity contribution in [2.75, 3.05) is 44.9 Å². The highest BCUT2D eigenvalue weighted by atomic mass is 32.1. The Balaban J connectivity index is 1.67. The minimum Gasteiger partial charge on any atom is -0.495 e. The van der Waals surface area contributed by atoms with E-state index in [-0.39, 0.29) is 12.5 Å². The molecule has 150 valence electrons. The van der Waals surface area contributed by atoms with Gasteiger partial charge in [-0.25, -0.2) is 4.98 Å². The lowest BCUT2D eigenvalue weighted by Crippen LogP contribution is -2.45. The van der Waals surface area contributed by atoms with Gasteiger partial charge in [0, 0.05) is 24.0 Å². The third-order valence-electron chi connectivity index (χ3n) is 4.83. The zero-order valence-corrected chi connectivity index (χ0v) is 17.1. The number of para-hydroxylation sites is 2. The van der Waals surface area contributed by atoms with Crippen molar-refractivity contribution in [3.63, 3.8) is 0 Å². The van der Waals surface area contributed by atoms with Crippen LogP contribution in [0, 0.1) is 0 Å². The molecular formula is C22H23N3O3S. The van der Waals surface area contributed by atoms with E-state index < -0.39 is 0 Å². The van der Waals surface area contributed by atoms with Crippen LogP contribution in [0.1, 0.15) is 0 Å². The standard InChI is InChI=1S/C22H23N3O3S/c1-27-20-10-6-5-9-19(20)25(15-21(26)24-11-13-28-14-12-24)22-23-18(16-29-22)17-7-3-2-4-8-17/h2-10,16H,11-15H2,1H3. The van der Waals surface area contributed by atoms with Gasteiger partial charge in [0.25, 0.3) is 0 Å². The molecular weight excluding hydrogens is 386 g/mol. The second kappa shape index (κ2) is 9.07. The number of nitrogens with zero attached hydrogens (tertiary/aromatic N) is 3. The van der Waals surface area contributed by atoms with E-state index in [4.69, 9.17) is 14.5 Å². The van der Waals surface area contributed by atoms with Gasteiger partial charge in [0.1, 0.15) is 12.3 Å². The molecule has 0 aliphatic carbocycles. The lowest BCUT2D eigenvalue weighted by Gasteiger charge is -2.30. The van der Waals surface area contributed by atoms with E-state index in [1.807, 2.05) is 69.8 Å². The molecule has 1 aliphatic heterocycles. The molecule has 1 amide bonds. The highest BCUT2D eigenvalue weighted by Crippen LogP contribution is 2.36. The maximum absolute atomic E-state index is 13.0. The van der Waals surface area contributed by atoms with Gasteiger partial charge >= 0.3 is 0 Å². The maximum atomic E-state index is 13.0. The number of anilines is 2. The van der Waals surface area contributed by atoms with E-state index in [0.717, 1.165) is 22.1 Å². The van der Waals surface area contributed by atoms with E-state index in [2.05, 4.69) is 0 Å². The third kappa shape index (κ3) is 4.41. The number of hydrogen-bond acceptors (Lipinski definition) is 6. The Morgan fingerprint density at radius 3 is 2.62 bits per heavy atom. The molecule has 1 aliphatic rings. The van der Waals surface area contributed by atoms with Crippen molar-refractivity contribution in [3.8, 4) is 17.0 Å². The Hall–Kier alpha value is -2.90. The fraction of sp³-hybridized carbons (Fsp3) is 0.273. The zero-order valence-electron chi connectivity index (χ0n) is 16.3. The van der Waals surface area contributed by atoms with Crippen molar-refractivity contribution >= 4 is 28.1 Å². The van der Waals surface area contributed by atoms with Crippen molar-refractivity contribution in [1.29, 1.82) is 0 Å². The molecule has 0 spiro atoms. The van der Waals surface area contributed by atoms with Crippen LogP contribution in [0.25, 0.3) is 11.3 Å². The monoisotopic (exact) mass is 409 g/mol. The molecule has 4 rings (SSSR count). The van der Waals surface area contributed by atoms with Gasteiger partial charge in [-0.1, -0.05) is 42.5 Å². The second-order valence-electron chi connectivity index (χ2n) is 6.63. The first-order valence-electron chi connectivity index (χ1n) is 9.53. The number of carbonyl (C=O) groups excluding carboxylic acids is 1. The summed E-state index contributed by atoms with van der Waals surface area (Å²) >= 11 is 1.52. The number of rotatable bonds is 6. The number of morpholine rings is 1. The molecule has 1 fully saturated rings. The molecule has 0 unspecified atom stereocenters. The van der Waals surface area contributed by atoms with E-state index in [9.17, 15) is 4.79 Å². The SMILES string of the molecule is COc1ccccc1N(CC(=O)N1CCOCC1)c1nc(-c2ccccc2)cs1. The van der Waals surface area contributed by atoms with Gasteiger partial charge in [0.05, 0.1) is 31.7 Å². The number of ether oxygens (including phenoxy) is 2. The molecule has 6 nitrogen and oxygen atoms in total. The number of hydrogen-bond donors (Lipinski definition) is 0. The number of carbonyl (C=O) groups is 1. The first-order valence-corrected chi connectivity index (χ1v) is 10.4. The summed E-state index contributed by atoms with van der Waals surface area (Å²) in [4.78, 5) is 21.6. The van der Waals surface area contributed by atoms with E-state index in [1.54, 1.807) is 7.11 Å². The zero-order chi connectivity index (χ0) is 20.1. The normalized spacial score (nSPS) is 13.9. The first kappa shape index (κ1) is 19.4. The van der Waals surface area contributed by atoms with Crippen LogP contribution in [0.2, 0.25) is 0 Å². The van der Waals surface area contributed by atoms with Gasteiger partial charge < -0.3 is 19.3 Å². The average Bonchev–Trinajstić information content (AvgIpc) is 3.28. The van der Waals surface area contributed by atoms with Gasteiger partial charge in [0.15, 0.2) is 5.13 Å². The Bertz CT molecular complexity index is 955. The number of aromatic nitrogens is 1. The molecule has 2 aromatic carbocycles. The van der Waals surface area contributed by atoms with Crippen molar-refractivity contribution in [1.82, 2.24) is 9.88 Å². The Kier molecular flexibility index (Phi) is 6.07. The van der Waals surface area contributed by atoms with Crippen LogP contribution in [0.4, 0.5) is 10.8 Å². The summed E-state index contributed by atoms with van der Waals surface area (Å²) in [5.74, 6) is 0.759. The molecule has 1 saturated heterocycles. The summed E-state index contributed by atoms with van der Waals surface area (Å²) in [6.45, 7) is 2.59. The van der Waals surface area contributed by atoms with Crippen LogP contribution < -0.4 is 9.64 Å². The molecule has 7 heteroatoms. The first-order chi connectivity index (χ1) is 14.3. The molecule has 0 radical (unpaired) electrons. The maximum Gasteiger partial charge on any atom is 0.242 e. The predicted molar refractivity (Wildman–Crippen MR) is 115 cm³/mol. The quantitative estimate of drug-likeness (QED) is 0.620. The molecule has 29 heavy (non-hydrogen) atoms. The van der Waals surface area contributed by atoms with Crippen molar-refractivity contribution in [2.45, 2.75) is 0 Å². The van der Waals surface area contributed by atoms with Crippen LogP contribution in [-0.2, 0) is 9.53 Å². The van der Waals surface area contributed by atoms with Crippen LogP contribution in [0.15, 0.2) is 60.0 Å². The van der Waals surface area contributed by atoms with Gasteiger partial charge in [-0.05, 0) is 12.1 Å². The van der Waals surface area contributed by atoms with Crippen molar-refractivity contribution in [2.24, 2.45) is 0 Å². The molecule has 0 N–H and O–H groups in total. The van der Waals surface area contributed by atoms with Crippen LogP contribution in [0.3, 0.4) is 0 Å². The molecule has 3 aromatic rings. The largest absolute Gasteiger partial charge is 0.495 e. The van der Waals surface area contributed by atoms with Gasteiger partial charge in [-0.15, -0.1) is 11.3 Å². The summed E-state index contributed by atoms with van der Waals surface area (Å²) in [6, 6.07) is 17.7. The van der Waals surface area contributed by atoms with Crippen LogP contribution in [0.5, 0.6) is 5.75 Å². The summed E-state index contributed by atoms with van der Waals surface area (Å²) in [7, 11) is 1.64. The molecule has 0 atom stereocenters. The summed E-state index contributed by atoms with van der Waals surface area (Å²) in [5, 5.41) is 2.78. The Morgan fingerprint density at radius 1 is 1.14 bits per heavy atom. The predicted octanol–water partition coefficient (Wildman–Crippen LogP) is 3.82. The van der Waals surface area contributed by atoms with Crippen molar-refractivity contribution < 1.29 is 14.3 Å². The van der Waals surface area contributed by atoms with Crippen LogP contribution >= 0.6 is 11.3 Å². The van der Waals surface area contributed by atoms with Gasteiger partial charge in [-0.2, -0.15) is 0 Å². The fourth-order valence-corrected chi connectivity index (χ4v) is 4.13. The van der Waals surface area contributed by atoms with Crippen LogP contribution in [-0.4, -0.2) is 55.7 Å². The highest BCUT2D eigenvalue weighted by molar-refractivity contribution is 7.14. The molecule has 1 aromatic heterocycles. The molecule has 2 heterocycles. The fourth-order valence-electron chi connectivity index (χ4n) is 3.29. The summed E-state index contributed by atoms with van der Waals surface area (Å²) in [6.07, 6.45) is 0.